The minimum atomic E-state index is -4.95. The number of aliphatic hydroxyl groups excluding tert-OH is 1. The predicted octanol–water partition coefficient (Wildman–Crippen LogP) is 19.3. The fourth-order valence-corrected chi connectivity index (χ4v) is 11.8. The van der Waals surface area contributed by atoms with Crippen molar-refractivity contribution >= 4 is 39.5 Å². The zero-order valence-corrected chi connectivity index (χ0v) is 59.1. The van der Waals surface area contributed by atoms with Gasteiger partial charge < -0.3 is 33.8 Å². The Hall–Kier alpha value is -1.94. The van der Waals surface area contributed by atoms with E-state index >= 15 is 0 Å². The molecule has 0 radical (unpaired) electrons. The first-order valence-electron chi connectivity index (χ1n) is 35.8. The Morgan fingerprint density at radius 3 is 0.807 bits per heavy atom. The SMILES string of the molecule is CCC(C)CCCCCCCCCCC(=O)OC[C@H](COP(=O)(O)OCC(O)COP(=O)(O)OC[C@@H](COC(=O)CCCCCCCCCC(C)C)OC(=O)CCCCCCCCC(C)CC)OC(=O)CCCCCCCCCCCCCCCC(C)C. The zero-order valence-electron chi connectivity index (χ0n) is 57.3. The van der Waals surface area contributed by atoms with Crippen LogP contribution < -0.4 is 0 Å². The van der Waals surface area contributed by atoms with Gasteiger partial charge in [0, 0.05) is 25.7 Å². The molecule has 0 aromatic carbocycles. The van der Waals surface area contributed by atoms with E-state index in [9.17, 15) is 43.2 Å². The number of rotatable bonds is 66. The normalized spacial score (nSPS) is 14.9. The van der Waals surface area contributed by atoms with E-state index in [-0.39, 0.29) is 25.7 Å². The van der Waals surface area contributed by atoms with E-state index in [0.29, 0.717) is 31.6 Å². The molecule has 7 atom stereocenters. The molecular formula is C69H134O17P2. The fourth-order valence-electron chi connectivity index (χ4n) is 10.2. The molecule has 0 aliphatic carbocycles. The third kappa shape index (κ3) is 60.3. The van der Waals surface area contributed by atoms with Crippen LogP contribution >= 0.6 is 15.6 Å². The van der Waals surface area contributed by atoms with Gasteiger partial charge in [0.2, 0.25) is 0 Å². The number of phosphoric acid groups is 2. The maximum absolute atomic E-state index is 13.0. The van der Waals surface area contributed by atoms with Gasteiger partial charge in [0.05, 0.1) is 26.4 Å². The van der Waals surface area contributed by atoms with E-state index < -0.39 is 97.5 Å². The van der Waals surface area contributed by atoms with Crippen molar-refractivity contribution in [2.75, 3.05) is 39.6 Å². The number of esters is 4. The van der Waals surface area contributed by atoms with Crippen LogP contribution in [-0.2, 0) is 65.4 Å². The molecule has 0 rings (SSSR count). The molecule has 0 aromatic rings. The van der Waals surface area contributed by atoms with Crippen LogP contribution in [0, 0.1) is 23.7 Å². The Morgan fingerprint density at radius 2 is 0.545 bits per heavy atom. The number of carbonyl (C=O) groups excluding carboxylic acids is 4. The number of hydrogen-bond donors (Lipinski definition) is 3. The largest absolute Gasteiger partial charge is 0.472 e. The van der Waals surface area contributed by atoms with E-state index in [4.69, 9.17) is 37.0 Å². The van der Waals surface area contributed by atoms with Gasteiger partial charge in [0.25, 0.3) is 0 Å². The minimum Gasteiger partial charge on any atom is -0.462 e. The predicted molar refractivity (Wildman–Crippen MR) is 354 cm³/mol. The Labute approximate surface area is 537 Å². The summed E-state index contributed by atoms with van der Waals surface area (Å²) < 4.78 is 68.2. The fraction of sp³-hybridized carbons (Fsp3) is 0.942. The molecule has 3 N–H and O–H groups in total. The second kappa shape index (κ2) is 58.8. The lowest BCUT2D eigenvalue weighted by Gasteiger charge is -2.21. The van der Waals surface area contributed by atoms with Gasteiger partial charge in [-0.25, -0.2) is 9.13 Å². The molecule has 0 aliphatic heterocycles. The standard InChI is InChI=1S/C69H134O17P2/c1-9-61(7)47-39-31-23-18-19-24-33-41-49-66(71)79-55-64(85-68(73)51-43-35-25-17-15-13-11-12-14-16-21-29-37-45-59(3)4)57-83-87(75,76)81-53-63(70)54-82-88(77,78)84-58-65(86-69(74)52-44-36-28-27-32-40-48-62(8)10-2)56-80-67(72)50-42-34-26-20-22-30-38-46-60(5)6/h59-65,70H,9-58H2,1-8H3,(H,75,76)(H,77,78)/t61?,62?,63?,64-,65-/m1/s1. The molecular weight excluding hydrogens is 1160 g/mol. The summed E-state index contributed by atoms with van der Waals surface area (Å²) in [5.41, 5.74) is 0. The number of ether oxygens (including phenoxy) is 4. The maximum atomic E-state index is 13.0. The van der Waals surface area contributed by atoms with Crippen LogP contribution in [0.4, 0.5) is 0 Å². The first-order chi connectivity index (χ1) is 42.2. The Balaban J connectivity index is 5.25. The van der Waals surface area contributed by atoms with Crippen LogP contribution in [0.5, 0.6) is 0 Å². The molecule has 5 unspecified atom stereocenters. The Kier molecular flexibility index (Phi) is 57.6. The highest BCUT2D eigenvalue weighted by Crippen LogP contribution is 2.45. The molecule has 17 nitrogen and oxygen atoms in total. The van der Waals surface area contributed by atoms with Gasteiger partial charge in [-0.2, -0.15) is 0 Å². The number of aliphatic hydroxyl groups is 1. The molecule has 19 heteroatoms. The van der Waals surface area contributed by atoms with Crippen molar-refractivity contribution in [2.45, 2.75) is 356 Å². The van der Waals surface area contributed by atoms with Crippen molar-refractivity contribution in [3.8, 4) is 0 Å². The molecule has 0 spiro atoms. The molecule has 0 aromatic heterocycles. The Morgan fingerprint density at radius 1 is 0.318 bits per heavy atom. The van der Waals surface area contributed by atoms with Gasteiger partial charge in [0.15, 0.2) is 12.2 Å². The highest BCUT2D eigenvalue weighted by atomic mass is 31.2. The van der Waals surface area contributed by atoms with Crippen LogP contribution in [0.1, 0.15) is 338 Å². The monoisotopic (exact) mass is 1300 g/mol. The summed E-state index contributed by atoms with van der Waals surface area (Å²) in [4.78, 5) is 72.5. The molecule has 0 bridgehead atoms. The van der Waals surface area contributed by atoms with Crippen molar-refractivity contribution in [1.82, 2.24) is 0 Å². The zero-order chi connectivity index (χ0) is 65.4. The summed E-state index contributed by atoms with van der Waals surface area (Å²) in [5.74, 6) is 0.855. The van der Waals surface area contributed by atoms with Crippen LogP contribution in [0.3, 0.4) is 0 Å². The number of carbonyl (C=O) groups is 4. The van der Waals surface area contributed by atoms with E-state index in [1.165, 1.54) is 135 Å². The topological polar surface area (TPSA) is 237 Å². The van der Waals surface area contributed by atoms with Gasteiger partial charge in [-0.3, -0.25) is 37.3 Å². The van der Waals surface area contributed by atoms with Crippen LogP contribution in [-0.4, -0.2) is 96.7 Å². The average Bonchev–Trinajstić information content (AvgIpc) is 3.54. The summed E-state index contributed by atoms with van der Waals surface area (Å²) in [6, 6.07) is 0. The number of hydrogen-bond acceptors (Lipinski definition) is 15. The number of phosphoric ester groups is 2. The summed E-state index contributed by atoms with van der Waals surface area (Å²) in [6.07, 6.45) is 40.4. The lowest BCUT2D eigenvalue weighted by atomic mass is 9.99. The molecule has 0 heterocycles. The summed E-state index contributed by atoms with van der Waals surface area (Å²) in [6.45, 7) is 14.1. The molecule has 0 saturated carbocycles. The molecule has 88 heavy (non-hydrogen) atoms. The van der Waals surface area contributed by atoms with Crippen LogP contribution in [0.15, 0.2) is 0 Å². The first-order valence-corrected chi connectivity index (χ1v) is 38.8. The van der Waals surface area contributed by atoms with Gasteiger partial charge in [0.1, 0.15) is 19.3 Å². The quantitative estimate of drug-likeness (QED) is 0.0222. The lowest BCUT2D eigenvalue weighted by molar-refractivity contribution is -0.161. The highest BCUT2D eigenvalue weighted by molar-refractivity contribution is 7.47. The van der Waals surface area contributed by atoms with E-state index in [0.717, 1.165) is 114 Å². The van der Waals surface area contributed by atoms with Crippen molar-refractivity contribution < 1.29 is 80.2 Å². The first kappa shape index (κ1) is 86.1. The second-order valence-corrected chi connectivity index (χ2v) is 29.3. The highest BCUT2D eigenvalue weighted by Gasteiger charge is 2.30. The van der Waals surface area contributed by atoms with Crippen LogP contribution in [0.25, 0.3) is 0 Å². The van der Waals surface area contributed by atoms with Crippen LogP contribution in [0.2, 0.25) is 0 Å². The molecule has 0 saturated heterocycles. The van der Waals surface area contributed by atoms with E-state index in [2.05, 4.69) is 55.4 Å². The third-order valence-electron chi connectivity index (χ3n) is 16.5. The molecule has 0 fully saturated rings. The minimum absolute atomic E-state index is 0.102. The van der Waals surface area contributed by atoms with Gasteiger partial charge >= 0.3 is 39.5 Å². The smallest absolute Gasteiger partial charge is 0.462 e. The van der Waals surface area contributed by atoms with E-state index in [1.54, 1.807) is 0 Å². The average molecular weight is 1300 g/mol. The molecule has 522 valence electrons. The third-order valence-corrected chi connectivity index (χ3v) is 18.4. The second-order valence-electron chi connectivity index (χ2n) is 26.4. The van der Waals surface area contributed by atoms with Gasteiger partial charge in [-0.15, -0.1) is 0 Å². The van der Waals surface area contributed by atoms with E-state index in [1.807, 2.05) is 0 Å². The summed E-state index contributed by atoms with van der Waals surface area (Å²) in [5, 5.41) is 10.6. The lowest BCUT2D eigenvalue weighted by Crippen LogP contribution is -2.30. The van der Waals surface area contributed by atoms with Crippen molar-refractivity contribution in [2.24, 2.45) is 23.7 Å². The summed E-state index contributed by atoms with van der Waals surface area (Å²) in [7, 11) is -9.90. The molecule has 0 amide bonds. The van der Waals surface area contributed by atoms with Crippen molar-refractivity contribution in [3.63, 3.8) is 0 Å². The Bertz CT molecular complexity index is 1750. The number of unbranched alkanes of at least 4 members (excludes halogenated alkanes) is 30. The van der Waals surface area contributed by atoms with Crippen molar-refractivity contribution in [3.05, 3.63) is 0 Å². The maximum Gasteiger partial charge on any atom is 0.472 e. The molecule has 0 aliphatic rings. The van der Waals surface area contributed by atoms with Crippen molar-refractivity contribution in [1.29, 1.82) is 0 Å². The van der Waals surface area contributed by atoms with Gasteiger partial charge in [-0.1, -0.05) is 287 Å². The van der Waals surface area contributed by atoms with Gasteiger partial charge in [-0.05, 0) is 49.4 Å². The summed E-state index contributed by atoms with van der Waals surface area (Å²) >= 11 is 0.